The van der Waals surface area contributed by atoms with Gasteiger partial charge in [-0.25, -0.2) is 30.2 Å². The predicted molar refractivity (Wildman–Crippen MR) is 78.1 cm³/mol. The van der Waals surface area contributed by atoms with Gasteiger partial charge < -0.3 is 14.2 Å². The Balaban J connectivity index is 2.91. The van der Waals surface area contributed by atoms with Gasteiger partial charge in [0, 0.05) is 0 Å². The highest BCUT2D eigenvalue weighted by atomic mass is 16.5. The minimum Gasteiger partial charge on any atom is -0.463 e. The summed E-state index contributed by atoms with van der Waals surface area (Å²) >= 11 is 0. The number of hydrazine groups is 1. The summed E-state index contributed by atoms with van der Waals surface area (Å²) < 4.78 is 13.9. The second-order valence-corrected chi connectivity index (χ2v) is 4.29. The van der Waals surface area contributed by atoms with Crippen LogP contribution in [0.25, 0.3) is 0 Å². The van der Waals surface area contributed by atoms with Crippen LogP contribution in [-0.4, -0.2) is 61.8 Å². The number of rotatable bonds is 6. The van der Waals surface area contributed by atoms with E-state index in [-0.39, 0.29) is 6.61 Å². The third kappa shape index (κ3) is 4.92. The van der Waals surface area contributed by atoms with E-state index in [2.05, 4.69) is 24.8 Å². The third-order valence-electron chi connectivity index (χ3n) is 2.68. The van der Waals surface area contributed by atoms with Crippen LogP contribution < -0.4 is 11.2 Å². The molecule has 0 aromatic heterocycles. The fourth-order valence-electron chi connectivity index (χ4n) is 1.47. The molecule has 1 atom stereocenters. The Hall–Kier alpha value is -2.69. The summed E-state index contributed by atoms with van der Waals surface area (Å²) in [6.45, 7) is 2.15. The summed E-state index contributed by atoms with van der Waals surface area (Å²) in [7, 11) is 2.23. The van der Waals surface area contributed by atoms with Crippen LogP contribution in [0.5, 0.6) is 0 Å². The molecule has 11 heteroatoms. The molecule has 1 rings (SSSR count). The highest BCUT2D eigenvalue weighted by Crippen LogP contribution is 2.07. The van der Waals surface area contributed by atoms with Crippen molar-refractivity contribution in [1.82, 2.24) is 10.3 Å². The Labute approximate surface area is 132 Å². The number of hydrogen-bond acceptors (Lipinski definition) is 10. The van der Waals surface area contributed by atoms with E-state index in [1.54, 1.807) is 0 Å². The largest absolute Gasteiger partial charge is 0.463 e. The molecule has 0 saturated heterocycles. The summed E-state index contributed by atoms with van der Waals surface area (Å²) in [5.41, 5.74) is 0. The maximum absolute atomic E-state index is 11.7. The van der Waals surface area contributed by atoms with E-state index in [1.807, 2.05) is 6.92 Å². The second kappa shape index (κ2) is 8.68. The minimum absolute atomic E-state index is 0.213. The van der Waals surface area contributed by atoms with Crippen molar-refractivity contribution in [3.05, 3.63) is 0 Å². The van der Waals surface area contributed by atoms with Gasteiger partial charge >= 0.3 is 18.0 Å². The number of hydrogen-bond donors (Lipinski definition) is 2. The number of nitrogens with one attached hydrogen (secondary N) is 1. The van der Waals surface area contributed by atoms with Crippen LogP contribution in [0.3, 0.4) is 0 Å². The molecule has 0 saturated carbocycles. The van der Waals surface area contributed by atoms with Crippen LogP contribution in [0.4, 0.5) is 4.79 Å². The molecule has 0 spiro atoms. The first-order valence-corrected chi connectivity index (χ1v) is 6.74. The zero-order chi connectivity index (χ0) is 17.4. The Morgan fingerprint density at radius 2 is 1.91 bits per heavy atom. The highest BCUT2D eigenvalue weighted by molar-refractivity contribution is 6.44. The molecule has 1 aliphatic heterocycles. The normalized spacial score (nSPS) is 16.9. The van der Waals surface area contributed by atoms with Crippen molar-refractivity contribution in [2.24, 2.45) is 15.8 Å². The van der Waals surface area contributed by atoms with Crippen molar-refractivity contribution < 1.29 is 28.6 Å². The smallest absolute Gasteiger partial charge is 0.410 e. The lowest BCUT2D eigenvalue weighted by molar-refractivity contribution is -0.133. The average molecular weight is 329 g/mol. The fourth-order valence-corrected chi connectivity index (χ4v) is 1.47. The highest BCUT2D eigenvalue weighted by Gasteiger charge is 2.33. The number of unbranched alkanes of at least 4 members (excludes halogenated alkanes) is 1. The Bertz CT molecular complexity index is 532. The lowest BCUT2D eigenvalue weighted by Gasteiger charge is -2.28. The number of methoxy groups -OCH3 is 2. The van der Waals surface area contributed by atoms with Gasteiger partial charge in [0.15, 0.2) is 0 Å². The number of amidine groups is 2. The molecular formula is C12H19N5O6. The maximum atomic E-state index is 11.7. The van der Waals surface area contributed by atoms with Crippen LogP contribution in [0, 0.1) is 0 Å². The fraction of sp³-hybridized carbons (Fsp3) is 0.583. The van der Waals surface area contributed by atoms with Gasteiger partial charge in [0.1, 0.15) is 0 Å². The van der Waals surface area contributed by atoms with Gasteiger partial charge in [-0.15, -0.1) is 0 Å². The van der Waals surface area contributed by atoms with E-state index in [1.165, 1.54) is 0 Å². The second-order valence-electron chi connectivity index (χ2n) is 4.29. The molecule has 0 aromatic carbocycles. The van der Waals surface area contributed by atoms with E-state index in [0.717, 1.165) is 25.6 Å². The molecule has 1 heterocycles. The summed E-state index contributed by atoms with van der Waals surface area (Å²) in [5, 5.41) is 3.05. The molecule has 1 unspecified atom stereocenters. The number of nitrogens with two attached hydrogens (primary N) is 1. The monoisotopic (exact) mass is 329 g/mol. The summed E-state index contributed by atoms with van der Waals surface area (Å²) in [5.74, 6) is 3.02. The van der Waals surface area contributed by atoms with Gasteiger partial charge in [0.25, 0.3) is 0 Å². The number of ether oxygens (including phenoxy) is 3. The van der Waals surface area contributed by atoms with Crippen molar-refractivity contribution in [3.8, 4) is 0 Å². The van der Waals surface area contributed by atoms with E-state index in [0.29, 0.717) is 6.42 Å². The lowest BCUT2D eigenvalue weighted by Crippen LogP contribution is -2.58. The van der Waals surface area contributed by atoms with Crippen LogP contribution in [0.15, 0.2) is 9.98 Å². The van der Waals surface area contributed by atoms with Gasteiger partial charge in [0.05, 0.1) is 20.8 Å². The van der Waals surface area contributed by atoms with Gasteiger partial charge in [-0.1, -0.05) is 13.3 Å². The zero-order valence-corrected chi connectivity index (χ0v) is 13.1. The van der Waals surface area contributed by atoms with Crippen LogP contribution >= 0.6 is 0 Å². The van der Waals surface area contributed by atoms with Crippen molar-refractivity contribution in [1.29, 1.82) is 0 Å². The number of nitrogens with zero attached hydrogens (tertiary/aromatic N) is 3. The van der Waals surface area contributed by atoms with Gasteiger partial charge in [-0.3, -0.25) is 5.32 Å². The minimum atomic E-state index is -1.27. The molecule has 3 N–H and O–H groups in total. The molecule has 1 amide bonds. The zero-order valence-electron chi connectivity index (χ0n) is 13.1. The molecule has 0 bridgehead atoms. The first-order chi connectivity index (χ1) is 10.9. The number of carbonyl (C=O) groups excluding carboxylic acids is 3. The van der Waals surface area contributed by atoms with Gasteiger partial charge in [-0.2, -0.15) is 4.99 Å². The number of alkyl carbamates (subject to hydrolysis) is 1. The molecule has 0 radical (unpaired) electrons. The van der Waals surface area contributed by atoms with Gasteiger partial charge in [-0.05, 0) is 6.42 Å². The lowest BCUT2D eigenvalue weighted by atomic mass is 10.4. The van der Waals surface area contributed by atoms with E-state index >= 15 is 0 Å². The van der Waals surface area contributed by atoms with Crippen molar-refractivity contribution >= 4 is 29.7 Å². The maximum Gasteiger partial charge on any atom is 0.410 e. The van der Waals surface area contributed by atoms with E-state index in [9.17, 15) is 14.4 Å². The SMILES string of the molecule is CCCCOC(=O)NC1N=C(C(=O)OC)N=C(C(=O)OC)N1N. The number of esters is 2. The number of amides is 1. The molecule has 23 heavy (non-hydrogen) atoms. The number of carbonyl (C=O) groups is 3. The summed E-state index contributed by atoms with van der Waals surface area (Å²) in [6, 6.07) is 0. The average Bonchev–Trinajstić information content (AvgIpc) is 2.55. The molecule has 128 valence electrons. The van der Waals surface area contributed by atoms with Crippen LogP contribution in [0.1, 0.15) is 19.8 Å². The summed E-state index contributed by atoms with van der Waals surface area (Å²) in [4.78, 5) is 42.3. The number of aliphatic imine (C=N–C) groups is 2. The Morgan fingerprint density at radius 1 is 1.26 bits per heavy atom. The first kappa shape index (κ1) is 18.4. The van der Waals surface area contributed by atoms with Crippen LogP contribution in [0.2, 0.25) is 0 Å². The Kier molecular flexibility index (Phi) is 6.93. The molecule has 0 fully saturated rings. The van der Waals surface area contributed by atoms with Crippen molar-refractivity contribution in [3.63, 3.8) is 0 Å². The molecule has 0 aromatic rings. The summed E-state index contributed by atoms with van der Waals surface area (Å²) in [6.07, 6.45) is -0.540. The molecular weight excluding hydrogens is 310 g/mol. The predicted octanol–water partition coefficient (Wildman–Crippen LogP) is -0.871. The quantitative estimate of drug-likeness (QED) is 0.277. The molecule has 11 nitrogen and oxygen atoms in total. The standard InChI is InChI=1S/C12H19N5O6/c1-4-5-6-23-12(20)16-11-15-7(9(18)21-2)14-8(17(11)13)10(19)22-3/h11H,4-6,13H2,1-3H3,(H,16,20). The van der Waals surface area contributed by atoms with E-state index in [4.69, 9.17) is 10.6 Å². The van der Waals surface area contributed by atoms with Crippen LogP contribution in [-0.2, 0) is 23.8 Å². The first-order valence-electron chi connectivity index (χ1n) is 6.74. The molecule has 0 aliphatic carbocycles. The van der Waals surface area contributed by atoms with E-state index < -0.39 is 36.0 Å². The van der Waals surface area contributed by atoms with Crippen molar-refractivity contribution in [2.75, 3.05) is 20.8 Å². The van der Waals surface area contributed by atoms with Gasteiger partial charge in [0.2, 0.25) is 18.0 Å². The topological polar surface area (TPSA) is 145 Å². The van der Waals surface area contributed by atoms with Crippen molar-refractivity contribution in [2.45, 2.75) is 26.1 Å². The molecule has 1 aliphatic rings. The Morgan fingerprint density at radius 3 is 2.48 bits per heavy atom. The third-order valence-corrected chi connectivity index (χ3v) is 2.68.